The lowest BCUT2D eigenvalue weighted by Crippen LogP contribution is -2.38. The minimum Gasteiger partial charge on any atom is -0.358 e. The third-order valence-corrected chi connectivity index (χ3v) is 4.89. The zero-order valence-corrected chi connectivity index (χ0v) is 15.5. The molecule has 4 rings (SSSR count). The van der Waals surface area contributed by atoms with Gasteiger partial charge in [-0.3, -0.25) is 19.2 Å². The minimum atomic E-state index is -0.159. The lowest BCUT2D eigenvalue weighted by Gasteiger charge is -2.31. The van der Waals surface area contributed by atoms with E-state index in [0.717, 1.165) is 18.1 Å². The number of aromatic amines is 1. The number of anilines is 1. The molecule has 3 aromatic rings. The lowest BCUT2D eigenvalue weighted by atomic mass is 10.1. The third-order valence-electron chi connectivity index (χ3n) is 4.37. The van der Waals surface area contributed by atoms with Crippen LogP contribution in [-0.4, -0.2) is 21.1 Å². The molecule has 0 unspecified atom stereocenters. The van der Waals surface area contributed by atoms with Crippen molar-refractivity contribution in [1.82, 2.24) is 14.5 Å². The van der Waals surface area contributed by atoms with Crippen LogP contribution in [0.4, 0.5) is 5.82 Å². The summed E-state index contributed by atoms with van der Waals surface area (Å²) < 4.78 is 2.18. The largest absolute Gasteiger partial charge is 0.358 e. The molecular weight excluding hydrogens is 368 g/mol. The van der Waals surface area contributed by atoms with Crippen molar-refractivity contribution in [1.29, 1.82) is 0 Å². The molecule has 0 aliphatic carbocycles. The van der Waals surface area contributed by atoms with Crippen LogP contribution in [-0.2, 0) is 13.1 Å². The van der Waals surface area contributed by atoms with Crippen molar-refractivity contribution >= 4 is 29.6 Å². The summed E-state index contributed by atoms with van der Waals surface area (Å²) in [6, 6.07) is 17.6. The van der Waals surface area contributed by atoms with Crippen LogP contribution in [0.2, 0.25) is 5.02 Å². The first-order chi connectivity index (χ1) is 12.6. The fourth-order valence-corrected chi connectivity index (χ4v) is 3.66. The van der Waals surface area contributed by atoms with Crippen molar-refractivity contribution in [3.05, 3.63) is 85.9 Å². The Kier molecular flexibility index (Phi) is 4.63. The number of aromatic nitrogens is 2. The molecule has 2 N–H and O–H groups in total. The molecule has 2 heterocycles. The molecule has 0 atom stereocenters. The van der Waals surface area contributed by atoms with E-state index >= 15 is 0 Å². The molecule has 0 amide bonds. The normalized spacial score (nSPS) is 13.9. The van der Waals surface area contributed by atoms with Gasteiger partial charge >= 0.3 is 0 Å². The fourth-order valence-electron chi connectivity index (χ4n) is 3.19. The van der Waals surface area contributed by atoms with Crippen LogP contribution in [0.25, 0.3) is 5.69 Å². The molecule has 1 aliphatic heterocycles. The third kappa shape index (κ3) is 3.31. The maximum Gasteiger partial charge on any atom is 0.258 e. The van der Waals surface area contributed by atoms with Gasteiger partial charge < -0.3 is 5.32 Å². The van der Waals surface area contributed by atoms with Crippen molar-refractivity contribution < 1.29 is 0 Å². The highest BCUT2D eigenvalue weighted by molar-refractivity contribution is 7.71. The van der Waals surface area contributed by atoms with Gasteiger partial charge in [-0.05, 0) is 36.0 Å². The van der Waals surface area contributed by atoms with E-state index in [1.807, 2.05) is 47.0 Å². The molecule has 7 heteroatoms. The van der Waals surface area contributed by atoms with E-state index in [1.165, 1.54) is 5.56 Å². The van der Waals surface area contributed by atoms with E-state index in [4.69, 9.17) is 23.8 Å². The smallest absolute Gasteiger partial charge is 0.258 e. The Labute approximate surface area is 160 Å². The van der Waals surface area contributed by atoms with Gasteiger partial charge in [-0.1, -0.05) is 48.0 Å². The number of rotatable bonds is 3. The second-order valence-corrected chi connectivity index (χ2v) is 7.03. The fraction of sp³-hybridized carbons (Fsp3) is 0.158. The number of H-pyrrole nitrogens is 1. The molecule has 1 aliphatic rings. The summed E-state index contributed by atoms with van der Waals surface area (Å²) in [6.07, 6.45) is 0. The topological polar surface area (TPSA) is 53.1 Å². The van der Waals surface area contributed by atoms with Gasteiger partial charge in [0.05, 0.1) is 17.9 Å². The zero-order chi connectivity index (χ0) is 18.1. The van der Waals surface area contributed by atoms with E-state index in [1.54, 1.807) is 0 Å². The van der Waals surface area contributed by atoms with Crippen LogP contribution in [0.15, 0.2) is 59.4 Å². The Morgan fingerprint density at radius 2 is 1.92 bits per heavy atom. The van der Waals surface area contributed by atoms with Crippen LogP contribution < -0.4 is 10.9 Å². The quantitative estimate of drug-likeness (QED) is 0.672. The van der Waals surface area contributed by atoms with Crippen LogP contribution in [0.3, 0.4) is 0 Å². The number of benzene rings is 2. The molecule has 0 fully saturated rings. The number of halogens is 1. The molecular formula is C19H17ClN4OS. The number of nitrogens with one attached hydrogen (secondary N) is 2. The van der Waals surface area contributed by atoms with E-state index in [0.29, 0.717) is 28.6 Å². The summed E-state index contributed by atoms with van der Waals surface area (Å²) >= 11 is 11.5. The molecule has 0 spiro atoms. The highest BCUT2D eigenvalue weighted by atomic mass is 35.5. The number of hydrogen-bond donors (Lipinski definition) is 2. The molecule has 0 saturated carbocycles. The highest BCUT2D eigenvalue weighted by Gasteiger charge is 2.22. The Morgan fingerprint density at radius 1 is 1.12 bits per heavy atom. The Hall–Kier alpha value is -2.41. The number of hydrogen-bond acceptors (Lipinski definition) is 4. The Bertz CT molecular complexity index is 1060. The second kappa shape index (κ2) is 7.07. The van der Waals surface area contributed by atoms with Crippen molar-refractivity contribution in [2.75, 3.05) is 12.0 Å². The SMILES string of the molecule is O=c1[nH]c(=S)n(-c2cccc(Cl)c2)c2c1CN(Cc1ccccc1)CN2. The molecule has 26 heavy (non-hydrogen) atoms. The lowest BCUT2D eigenvalue weighted by molar-refractivity contribution is 0.264. The van der Waals surface area contributed by atoms with Gasteiger partial charge in [0, 0.05) is 18.1 Å². The molecule has 132 valence electrons. The summed E-state index contributed by atoms with van der Waals surface area (Å²) in [4.78, 5) is 17.5. The molecule has 0 bridgehead atoms. The summed E-state index contributed by atoms with van der Waals surface area (Å²) in [5.74, 6) is 0.727. The molecule has 5 nitrogen and oxygen atoms in total. The van der Waals surface area contributed by atoms with Crippen molar-refractivity contribution in [3.8, 4) is 5.69 Å². The first-order valence-electron chi connectivity index (χ1n) is 8.26. The van der Waals surface area contributed by atoms with E-state index in [9.17, 15) is 4.79 Å². The van der Waals surface area contributed by atoms with Crippen molar-refractivity contribution in [3.63, 3.8) is 0 Å². The van der Waals surface area contributed by atoms with Crippen LogP contribution >= 0.6 is 23.8 Å². The van der Waals surface area contributed by atoms with Gasteiger partial charge in [-0.25, -0.2) is 0 Å². The molecule has 0 saturated heterocycles. The van der Waals surface area contributed by atoms with Crippen molar-refractivity contribution in [2.24, 2.45) is 0 Å². The predicted octanol–water partition coefficient (Wildman–Crippen LogP) is 3.93. The number of nitrogens with zero attached hydrogens (tertiary/aromatic N) is 2. The zero-order valence-electron chi connectivity index (χ0n) is 13.9. The summed E-state index contributed by atoms with van der Waals surface area (Å²) in [5.41, 5.74) is 2.53. The Balaban J connectivity index is 1.73. The van der Waals surface area contributed by atoms with Crippen molar-refractivity contribution in [2.45, 2.75) is 13.1 Å². The summed E-state index contributed by atoms with van der Waals surface area (Å²) in [5, 5.41) is 3.98. The van der Waals surface area contributed by atoms with Gasteiger partial charge in [0.2, 0.25) is 0 Å². The maximum absolute atomic E-state index is 12.5. The predicted molar refractivity (Wildman–Crippen MR) is 106 cm³/mol. The van der Waals surface area contributed by atoms with E-state index < -0.39 is 0 Å². The second-order valence-electron chi connectivity index (χ2n) is 6.21. The molecule has 1 aromatic heterocycles. The van der Waals surface area contributed by atoms with Gasteiger partial charge in [0.1, 0.15) is 5.82 Å². The van der Waals surface area contributed by atoms with Crippen LogP contribution in [0, 0.1) is 4.77 Å². The monoisotopic (exact) mass is 384 g/mol. The highest BCUT2D eigenvalue weighted by Crippen LogP contribution is 2.25. The Morgan fingerprint density at radius 3 is 2.69 bits per heavy atom. The van der Waals surface area contributed by atoms with Gasteiger partial charge in [0.15, 0.2) is 4.77 Å². The standard InChI is InChI=1S/C19H17ClN4OS/c20-14-7-4-8-15(9-14)24-17-16(18(25)22-19(24)26)11-23(12-21-17)10-13-5-2-1-3-6-13/h1-9,21H,10-12H2,(H,22,25,26). The summed E-state index contributed by atoms with van der Waals surface area (Å²) in [7, 11) is 0. The van der Waals surface area contributed by atoms with E-state index in [2.05, 4.69) is 27.3 Å². The van der Waals surface area contributed by atoms with Gasteiger partial charge in [-0.15, -0.1) is 0 Å². The average Bonchev–Trinajstić information content (AvgIpc) is 2.63. The average molecular weight is 385 g/mol. The molecule has 2 aromatic carbocycles. The van der Waals surface area contributed by atoms with Crippen LogP contribution in [0.5, 0.6) is 0 Å². The minimum absolute atomic E-state index is 0.159. The number of fused-ring (bicyclic) bond motifs is 1. The van der Waals surface area contributed by atoms with Gasteiger partial charge in [-0.2, -0.15) is 0 Å². The first kappa shape index (κ1) is 17.0. The first-order valence-corrected chi connectivity index (χ1v) is 9.05. The van der Waals surface area contributed by atoms with Crippen LogP contribution in [0.1, 0.15) is 11.1 Å². The summed E-state index contributed by atoms with van der Waals surface area (Å²) in [6.45, 7) is 1.93. The maximum atomic E-state index is 12.5. The van der Waals surface area contributed by atoms with Gasteiger partial charge in [0.25, 0.3) is 5.56 Å². The molecule has 0 radical (unpaired) electrons. The van der Waals surface area contributed by atoms with E-state index in [-0.39, 0.29) is 5.56 Å².